The predicted octanol–water partition coefficient (Wildman–Crippen LogP) is 2.04. The van der Waals surface area contributed by atoms with Crippen molar-refractivity contribution in [2.24, 2.45) is 0 Å². The van der Waals surface area contributed by atoms with E-state index in [-0.39, 0.29) is 6.42 Å². The number of ether oxygens (including phenoxy) is 1. The number of aromatic nitrogens is 5. The molecule has 0 bridgehead atoms. The van der Waals surface area contributed by atoms with Crippen molar-refractivity contribution in [3.63, 3.8) is 0 Å². The molecular weight excluding hydrogens is 462 g/mol. The van der Waals surface area contributed by atoms with Gasteiger partial charge >= 0.3 is 5.69 Å². The summed E-state index contributed by atoms with van der Waals surface area (Å²) >= 11 is 0. The van der Waals surface area contributed by atoms with Gasteiger partial charge in [0.1, 0.15) is 18.0 Å². The number of nitrogens with zero attached hydrogens (tertiary/aromatic N) is 4. The van der Waals surface area contributed by atoms with Gasteiger partial charge in [0, 0.05) is 23.7 Å². The molecule has 1 fully saturated rings. The molecule has 0 unspecified atom stereocenters. The number of rotatable bonds is 4. The van der Waals surface area contributed by atoms with E-state index in [4.69, 9.17) is 4.74 Å². The average Bonchev–Trinajstić information content (AvgIpc) is 3.51. The normalized spacial score (nSPS) is 22.0. The first-order valence-electron chi connectivity index (χ1n) is 11.5. The Hall–Kier alpha value is -4.12. The highest BCUT2D eigenvalue weighted by Gasteiger charge is 2.51. The minimum atomic E-state index is -1.66. The fraction of sp³-hybridized carbons (Fsp3) is 0.231. The summed E-state index contributed by atoms with van der Waals surface area (Å²) in [5.41, 5.74) is -1.11. The second-order valence-electron chi connectivity index (χ2n) is 9.04. The number of hydrogen-bond donors (Lipinski definition) is 3. The first-order chi connectivity index (χ1) is 17.4. The smallest absolute Gasteiger partial charge is 0.330 e. The van der Waals surface area contributed by atoms with Crippen molar-refractivity contribution in [1.29, 1.82) is 0 Å². The summed E-state index contributed by atoms with van der Waals surface area (Å²) in [4.78, 5) is 26.4. The summed E-state index contributed by atoms with van der Waals surface area (Å²) in [5.74, 6) is 0. The summed E-state index contributed by atoms with van der Waals surface area (Å²) in [6.45, 7) is 0.958. The number of aromatic amines is 1. The van der Waals surface area contributed by atoms with Crippen LogP contribution in [0.2, 0.25) is 0 Å². The van der Waals surface area contributed by atoms with Crippen molar-refractivity contribution in [3.8, 4) is 11.3 Å². The van der Waals surface area contributed by atoms with Crippen LogP contribution in [0.15, 0.2) is 76.6 Å². The van der Waals surface area contributed by atoms with Gasteiger partial charge in [0.25, 0.3) is 5.56 Å². The van der Waals surface area contributed by atoms with Gasteiger partial charge in [0.2, 0.25) is 5.72 Å². The number of aryl methyl sites for hydroxylation is 1. The molecule has 2 aromatic heterocycles. The minimum Gasteiger partial charge on any atom is -0.391 e. The van der Waals surface area contributed by atoms with Gasteiger partial charge in [0.05, 0.1) is 12.8 Å². The van der Waals surface area contributed by atoms with Crippen LogP contribution in [-0.2, 0) is 10.5 Å². The van der Waals surface area contributed by atoms with Crippen molar-refractivity contribution in [2.75, 3.05) is 6.61 Å². The molecule has 6 rings (SSSR count). The van der Waals surface area contributed by atoms with E-state index < -0.39 is 35.9 Å². The number of aliphatic hydroxyl groups is 2. The Balaban J connectivity index is 1.44. The van der Waals surface area contributed by atoms with Crippen LogP contribution in [-0.4, -0.2) is 47.5 Å². The molecule has 36 heavy (non-hydrogen) atoms. The number of H-pyrrole nitrogens is 1. The SMILES string of the molecule is Cc1cn([C@H]2C[C@H](O)[C@](CO)(n3cc(-c4cc5ccccc5c5ccccc45)nn3)O2)c(=O)[nH]c1=O. The van der Waals surface area contributed by atoms with E-state index in [9.17, 15) is 19.8 Å². The summed E-state index contributed by atoms with van der Waals surface area (Å²) in [7, 11) is 0. The molecule has 0 amide bonds. The number of fused-ring (bicyclic) bond motifs is 3. The average molecular weight is 486 g/mol. The lowest BCUT2D eigenvalue weighted by Crippen LogP contribution is -2.46. The Morgan fingerprint density at radius 1 is 1.08 bits per heavy atom. The molecule has 1 aliphatic rings. The van der Waals surface area contributed by atoms with E-state index in [1.54, 1.807) is 13.1 Å². The van der Waals surface area contributed by atoms with Crippen molar-refractivity contribution in [2.45, 2.75) is 31.4 Å². The van der Waals surface area contributed by atoms with Crippen molar-refractivity contribution in [1.82, 2.24) is 24.5 Å². The molecule has 1 aliphatic heterocycles. The highest BCUT2D eigenvalue weighted by atomic mass is 16.6. The van der Waals surface area contributed by atoms with Gasteiger partial charge < -0.3 is 14.9 Å². The molecule has 0 aliphatic carbocycles. The summed E-state index contributed by atoms with van der Waals surface area (Å²) in [6.07, 6.45) is 0.873. The van der Waals surface area contributed by atoms with Crippen LogP contribution in [0.4, 0.5) is 0 Å². The molecule has 1 saturated heterocycles. The number of benzene rings is 3. The number of nitrogens with one attached hydrogen (secondary N) is 1. The van der Waals surface area contributed by atoms with Crippen LogP contribution in [0.1, 0.15) is 18.2 Å². The minimum absolute atomic E-state index is 0.0000486. The molecule has 3 atom stereocenters. The van der Waals surface area contributed by atoms with Gasteiger partial charge in [-0.2, -0.15) is 0 Å². The van der Waals surface area contributed by atoms with Crippen LogP contribution in [0.5, 0.6) is 0 Å². The zero-order valence-corrected chi connectivity index (χ0v) is 19.3. The van der Waals surface area contributed by atoms with E-state index in [0.29, 0.717) is 11.3 Å². The van der Waals surface area contributed by atoms with E-state index in [1.165, 1.54) is 15.4 Å². The summed E-state index contributed by atoms with van der Waals surface area (Å²) < 4.78 is 8.57. The monoisotopic (exact) mass is 485 g/mol. The molecule has 3 aromatic carbocycles. The maximum Gasteiger partial charge on any atom is 0.330 e. The first-order valence-corrected chi connectivity index (χ1v) is 11.5. The van der Waals surface area contributed by atoms with Gasteiger partial charge in [-0.3, -0.25) is 14.3 Å². The Morgan fingerprint density at radius 2 is 1.81 bits per heavy atom. The topological polar surface area (TPSA) is 135 Å². The Bertz CT molecular complexity index is 1740. The second kappa shape index (κ2) is 8.23. The highest BCUT2D eigenvalue weighted by Crippen LogP contribution is 2.40. The van der Waals surface area contributed by atoms with Gasteiger partial charge in [-0.15, -0.1) is 5.10 Å². The Morgan fingerprint density at radius 3 is 2.58 bits per heavy atom. The maximum absolute atomic E-state index is 12.4. The summed E-state index contributed by atoms with van der Waals surface area (Å²) in [5, 5.41) is 34.1. The molecule has 3 heterocycles. The third kappa shape index (κ3) is 3.30. The molecule has 10 heteroatoms. The van der Waals surface area contributed by atoms with E-state index in [2.05, 4.69) is 27.4 Å². The molecule has 10 nitrogen and oxygen atoms in total. The fourth-order valence-electron chi connectivity index (χ4n) is 4.97. The van der Waals surface area contributed by atoms with Crippen molar-refractivity contribution in [3.05, 3.63) is 93.4 Å². The van der Waals surface area contributed by atoms with Gasteiger partial charge in [-0.05, 0) is 34.5 Å². The third-order valence-electron chi connectivity index (χ3n) is 6.89. The Kier molecular flexibility index (Phi) is 5.11. The quantitative estimate of drug-likeness (QED) is 0.332. The van der Waals surface area contributed by atoms with E-state index >= 15 is 0 Å². The largest absolute Gasteiger partial charge is 0.391 e. The lowest BCUT2D eigenvalue weighted by molar-refractivity contribution is -0.187. The maximum atomic E-state index is 12.4. The molecule has 3 N–H and O–H groups in total. The molecule has 0 radical (unpaired) electrons. The number of hydrogen-bond acceptors (Lipinski definition) is 7. The Labute approximate surface area is 204 Å². The van der Waals surface area contributed by atoms with Crippen LogP contribution in [0.25, 0.3) is 32.8 Å². The third-order valence-corrected chi connectivity index (χ3v) is 6.89. The second-order valence-corrected chi connectivity index (χ2v) is 9.04. The van der Waals surface area contributed by atoms with Gasteiger partial charge in [0.15, 0.2) is 0 Å². The highest BCUT2D eigenvalue weighted by molar-refractivity contribution is 6.13. The summed E-state index contributed by atoms with van der Waals surface area (Å²) in [6, 6.07) is 18.1. The van der Waals surface area contributed by atoms with Crippen molar-refractivity contribution >= 4 is 21.5 Å². The fourth-order valence-corrected chi connectivity index (χ4v) is 4.97. The molecule has 0 saturated carbocycles. The van der Waals surface area contributed by atoms with E-state index in [0.717, 1.165) is 27.1 Å². The van der Waals surface area contributed by atoms with Crippen LogP contribution in [0, 0.1) is 6.92 Å². The zero-order chi connectivity index (χ0) is 25.0. The molecule has 0 spiro atoms. The van der Waals surface area contributed by atoms with Crippen LogP contribution < -0.4 is 11.2 Å². The van der Waals surface area contributed by atoms with Crippen molar-refractivity contribution < 1.29 is 14.9 Å². The molecule has 5 aromatic rings. The van der Waals surface area contributed by atoms with Gasteiger partial charge in [-0.1, -0.05) is 53.7 Å². The van der Waals surface area contributed by atoms with E-state index in [1.807, 2.05) is 42.5 Å². The van der Waals surface area contributed by atoms with Crippen LogP contribution >= 0.6 is 0 Å². The number of aliphatic hydroxyl groups excluding tert-OH is 2. The molecule has 182 valence electrons. The standard InChI is InChI=1S/C26H23N5O5/c1-15-12-30(25(35)27-24(15)34)23-11-22(33)26(14-32,36-23)31-13-21(28-29-31)20-10-16-6-2-3-7-17(16)18-8-4-5-9-19(18)20/h2-10,12-13,22-23,32-33H,11,14H2,1H3,(H,27,34,35)/t22-,23+,26+/m0/s1. The van der Waals surface area contributed by atoms with Crippen LogP contribution in [0.3, 0.4) is 0 Å². The zero-order valence-electron chi connectivity index (χ0n) is 19.3. The molecular formula is C26H23N5O5. The van der Waals surface area contributed by atoms with Gasteiger partial charge in [-0.25, -0.2) is 9.48 Å². The predicted molar refractivity (Wildman–Crippen MR) is 132 cm³/mol. The lowest BCUT2D eigenvalue weighted by Gasteiger charge is -2.29. The first kappa shape index (κ1) is 22.4. The lowest BCUT2D eigenvalue weighted by atomic mass is 9.96.